The van der Waals surface area contributed by atoms with Gasteiger partial charge in [-0.05, 0) is 61.0 Å². The molecule has 3 aromatic rings. The number of nitrogens with zero attached hydrogens (tertiary/aromatic N) is 2. The first kappa shape index (κ1) is 22.0. The Bertz CT molecular complexity index is 1240. The highest BCUT2D eigenvalue weighted by molar-refractivity contribution is 6.46. The van der Waals surface area contributed by atoms with E-state index in [0.29, 0.717) is 23.5 Å². The molecule has 1 heterocycles. The summed E-state index contributed by atoms with van der Waals surface area (Å²) in [5.74, 6) is -1.63. The number of para-hydroxylation sites is 1. The molecule has 0 bridgehead atoms. The highest BCUT2D eigenvalue weighted by atomic mass is 19.1. The van der Waals surface area contributed by atoms with Crippen LogP contribution in [0.2, 0.25) is 0 Å². The Kier molecular flexibility index (Phi) is 6.04. The summed E-state index contributed by atoms with van der Waals surface area (Å²) >= 11 is 0. The van der Waals surface area contributed by atoms with E-state index in [4.69, 9.17) is 0 Å². The third-order valence-electron chi connectivity index (χ3n) is 5.29. The maximum absolute atomic E-state index is 13.7. The molecule has 0 aromatic heterocycles. The van der Waals surface area contributed by atoms with Crippen molar-refractivity contribution in [2.75, 3.05) is 21.7 Å². The predicted molar refractivity (Wildman–Crippen MR) is 126 cm³/mol. The van der Waals surface area contributed by atoms with Gasteiger partial charge in [0.15, 0.2) is 0 Å². The zero-order valence-corrected chi connectivity index (χ0v) is 18.2. The van der Waals surface area contributed by atoms with Crippen LogP contribution in [-0.2, 0) is 14.4 Å². The number of nitrogens with one attached hydrogen (secondary N) is 1. The van der Waals surface area contributed by atoms with Gasteiger partial charge in [0.25, 0.3) is 11.8 Å². The lowest BCUT2D eigenvalue weighted by Crippen LogP contribution is -2.35. The minimum atomic E-state index is -0.497. The summed E-state index contributed by atoms with van der Waals surface area (Å²) in [6.07, 6.45) is 0. The Balaban J connectivity index is 1.82. The van der Waals surface area contributed by atoms with E-state index in [9.17, 15) is 18.8 Å². The fraction of sp³-hybridized carbons (Fsp3) is 0.115. The van der Waals surface area contributed by atoms with Crippen molar-refractivity contribution in [3.05, 3.63) is 95.9 Å². The molecule has 0 fully saturated rings. The van der Waals surface area contributed by atoms with Crippen LogP contribution in [0.25, 0.3) is 5.57 Å². The van der Waals surface area contributed by atoms with Crippen molar-refractivity contribution >= 4 is 40.4 Å². The van der Waals surface area contributed by atoms with E-state index < -0.39 is 17.6 Å². The lowest BCUT2D eigenvalue weighted by molar-refractivity contribution is -0.120. The Morgan fingerprint density at radius 2 is 1.55 bits per heavy atom. The standard InChI is InChI=1S/C26H22FN3O3/c1-3-29(21-7-5-4-6-8-21)24-23(18-9-11-19(27)12-10-18)25(32)30(26(24)33)22-15-13-20(14-16-22)28-17(2)31/h4-16H,3H2,1-2H3,(H,28,31). The fourth-order valence-corrected chi connectivity index (χ4v) is 3.85. The molecule has 7 heteroatoms. The number of benzene rings is 3. The third-order valence-corrected chi connectivity index (χ3v) is 5.29. The first-order valence-corrected chi connectivity index (χ1v) is 10.5. The molecule has 1 aliphatic rings. The second kappa shape index (κ2) is 9.08. The van der Waals surface area contributed by atoms with E-state index in [-0.39, 0.29) is 17.2 Å². The van der Waals surface area contributed by atoms with Crippen LogP contribution in [0.5, 0.6) is 0 Å². The highest BCUT2D eigenvalue weighted by Gasteiger charge is 2.42. The number of hydrogen-bond donors (Lipinski definition) is 1. The zero-order chi connectivity index (χ0) is 23.5. The second-order valence-electron chi connectivity index (χ2n) is 7.48. The second-order valence-corrected chi connectivity index (χ2v) is 7.48. The number of carbonyl (C=O) groups excluding carboxylic acids is 3. The van der Waals surface area contributed by atoms with Crippen LogP contribution >= 0.6 is 0 Å². The van der Waals surface area contributed by atoms with Crippen molar-refractivity contribution < 1.29 is 18.8 Å². The first-order valence-electron chi connectivity index (χ1n) is 10.5. The van der Waals surface area contributed by atoms with Crippen LogP contribution < -0.4 is 15.1 Å². The quantitative estimate of drug-likeness (QED) is 0.566. The largest absolute Gasteiger partial charge is 0.337 e. The maximum Gasteiger partial charge on any atom is 0.282 e. The molecule has 0 saturated heterocycles. The van der Waals surface area contributed by atoms with Crippen molar-refractivity contribution in [3.8, 4) is 0 Å². The molecule has 4 rings (SSSR count). The topological polar surface area (TPSA) is 69.7 Å². The minimum absolute atomic E-state index is 0.205. The Hall–Kier alpha value is -4.26. The Morgan fingerprint density at radius 3 is 2.12 bits per heavy atom. The highest BCUT2D eigenvalue weighted by Crippen LogP contribution is 2.37. The summed E-state index contributed by atoms with van der Waals surface area (Å²) in [5, 5.41) is 2.66. The number of halogens is 1. The first-order chi connectivity index (χ1) is 15.9. The Morgan fingerprint density at radius 1 is 0.909 bits per heavy atom. The monoisotopic (exact) mass is 443 g/mol. The summed E-state index contributed by atoms with van der Waals surface area (Å²) in [5.41, 5.74) is 2.58. The van der Waals surface area contributed by atoms with Gasteiger partial charge in [-0.3, -0.25) is 14.4 Å². The summed E-state index contributed by atoms with van der Waals surface area (Å²) in [7, 11) is 0. The average Bonchev–Trinajstić information content (AvgIpc) is 3.06. The van der Waals surface area contributed by atoms with E-state index in [1.54, 1.807) is 29.2 Å². The molecule has 0 saturated carbocycles. The molecule has 0 aliphatic carbocycles. The number of carbonyl (C=O) groups is 3. The van der Waals surface area contributed by atoms with Crippen molar-refractivity contribution in [2.24, 2.45) is 0 Å². The average molecular weight is 443 g/mol. The van der Waals surface area contributed by atoms with Gasteiger partial charge in [-0.1, -0.05) is 30.3 Å². The van der Waals surface area contributed by atoms with Crippen LogP contribution in [-0.4, -0.2) is 24.3 Å². The lowest BCUT2D eigenvalue weighted by Gasteiger charge is -2.25. The van der Waals surface area contributed by atoms with Crippen LogP contribution in [0.4, 0.5) is 21.5 Å². The van der Waals surface area contributed by atoms with Crippen molar-refractivity contribution in [3.63, 3.8) is 0 Å². The van der Waals surface area contributed by atoms with Crippen LogP contribution in [0, 0.1) is 5.82 Å². The molecular weight excluding hydrogens is 421 g/mol. The maximum atomic E-state index is 13.7. The lowest BCUT2D eigenvalue weighted by atomic mass is 10.0. The number of hydrogen-bond acceptors (Lipinski definition) is 4. The van der Waals surface area contributed by atoms with Gasteiger partial charge in [-0.25, -0.2) is 9.29 Å². The zero-order valence-electron chi connectivity index (χ0n) is 18.2. The molecule has 3 aromatic carbocycles. The number of amides is 3. The van der Waals surface area contributed by atoms with Gasteiger partial charge in [0, 0.05) is 24.8 Å². The molecule has 33 heavy (non-hydrogen) atoms. The van der Waals surface area contributed by atoms with E-state index in [0.717, 1.165) is 10.6 Å². The minimum Gasteiger partial charge on any atom is -0.337 e. The van der Waals surface area contributed by atoms with E-state index >= 15 is 0 Å². The smallest absolute Gasteiger partial charge is 0.282 e. The van der Waals surface area contributed by atoms with Gasteiger partial charge in [-0.15, -0.1) is 0 Å². The van der Waals surface area contributed by atoms with Crippen LogP contribution in [0.15, 0.2) is 84.6 Å². The molecule has 0 radical (unpaired) electrons. The van der Waals surface area contributed by atoms with Gasteiger partial charge < -0.3 is 10.2 Å². The molecule has 1 aliphatic heterocycles. The third kappa shape index (κ3) is 4.25. The predicted octanol–water partition coefficient (Wildman–Crippen LogP) is 4.60. The number of rotatable bonds is 6. The van der Waals surface area contributed by atoms with E-state index in [1.165, 1.54) is 31.2 Å². The normalized spacial score (nSPS) is 13.5. The van der Waals surface area contributed by atoms with Crippen molar-refractivity contribution in [1.82, 2.24) is 0 Å². The molecule has 0 atom stereocenters. The fourth-order valence-electron chi connectivity index (χ4n) is 3.85. The molecule has 0 unspecified atom stereocenters. The summed E-state index contributed by atoms with van der Waals surface area (Å²) in [6, 6.07) is 21.3. The van der Waals surface area contributed by atoms with Gasteiger partial charge in [-0.2, -0.15) is 0 Å². The molecule has 3 amide bonds. The van der Waals surface area contributed by atoms with Gasteiger partial charge in [0.2, 0.25) is 5.91 Å². The SMILES string of the molecule is CCN(C1=C(c2ccc(F)cc2)C(=O)N(c2ccc(NC(C)=O)cc2)C1=O)c1ccccc1. The van der Waals surface area contributed by atoms with Crippen molar-refractivity contribution in [1.29, 1.82) is 0 Å². The van der Waals surface area contributed by atoms with E-state index in [1.807, 2.05) is 37.3 Å². The molecule has 1 N–H and O–H groups in total. The molecule has 166 valence electrons. The van der Waals surface area contributed by atoms with Crippen LogP contribution in [0.1, 0.15) is 19.4 Å². The molecule has 6 nitrogen and oxygen atoms in total. The van der Waals surface area contributed by atoms with Gasteiger partial charge in [0.1, 0.15) is 11.5 Å². The van der Waals surface area contributed by atoms with Crippen molar-refractivity contribution in [2.45, 2.75) is 13.8 Å². The Labute approximate surface area is 190 Å². The molecule has 0 spiro atoms. The van der Waals surface area contributed by atoms with Gasteiger partial charge >= 0.3 is 0 Å². The van der Waals surface area contributed by atoms with Gasteiger partial charge in [0.05, 0.1) is 11.3 Å². The summed E-state index contributed by atoms with van der Waals surface area (Å²) < 4.78 is 13.6. The summed E-state index contributed by atoms with van der Waals surface area (Å²) in [6.45, 7) is 3.73. The number of likely N-dealkylation sites (N-methyl/N-ethyl adjacent to an activating group) is 1. The summed E-state index contributed by atoms with van der Waals surface area (Å²) in [4.78, 5) is 41.4. The van der Waals surface area contributed by atoms with E-state index in [2.05, 4.69) is 5.32 Å². The molecular formula is C26H22FN3O3. The number of anilines is 3. The number of imide groups is 1. The van der Waals surface area contributed by atoms with Crippen LogP contribution in [0.3, 0.4) is 0 Å².